The molecule has 0 radical (unpaired) electrons. The molecule has 2 nitrogen and oxygen atoms in total. The maximum absolute atomic E-state index is 14.1. The van der Waals surface area contributed by atoms with Crippen LogP contribution in [0.25, 0.3) is 0 Å². The van der Waals surface area contributed by atoms with Gasteiger partial charge in [-0.15, -0.1) is 0 Å². The Labute approximate surface area is 213 Å². The van der Waals surface area contributed by atoms with Crippen molar-refractivity contribution in [3.05, 3.63) is 35.9 Å². The lowest BCUT2D eigenvalue weighted by atomic mass is 9.45. The fourth-order valence-electron chi connectivity index (χ4n) is 6.25. The van der Waals surface area contributed by atoms with E-state index < -0.39 is 13.7 Å². The molecule has 0 aromatic heterocycles. The molecule has 1 aromatic carbocycles. The Bertz CT molecular complexity index is 795. The number of hydrogen-bond acceptors (Lipinski definition) is 2. The highest BCUT2D eigenvalue weighted by Gasteiger charge is 2.60. The summed E-state index contributed by atoms with van der Waals surface area (Å²) in [4.78, 5) is 14.1. The molecule has 0 aliphatic rings. The van der Waals surface area contributed by atoms with Crippen LogP contribution in [0.5, 0.6) is 0 Å². The van der Waals surface area contributed by atoms with Gasteiger partial charge in [0.1, 0.15) is 0 Å². The second-order valence-electron chi connectivity index (χ2n) is 14.7. The van der Waals surface area contributed by atoms with Crippen molar-refractivity contribution < 1.29 is 9.22 Å². The molecule has 1 rings (SSSR count). The van der Waals surface area contributed by atoms with Gasteiger partial charge in [0.2, 0.25) is 8.32 Å². The lowest BCUT2D eigenvalue weighted by Crippen LogP contribution is -2.56. The Morgan fingerprint density at radius 2 is 1.35 bits per heavy atom. The standard InChI is InChI=1S/C31H56O2Si/c1-15-29(9,22-25(28(6,7)8)24-20-18-17-19-21-24)31(11,16-2)30(10,23-27(3,4)5)26(32)33-34(12,13)14/h17-21,25H,15-16,22-23H2,1-14H3. The topological polar surface area (TPSA) is 26.3 Å². The molecule has 0 bridgehead atoms. The Kier molecular flexibility index (Phi) is 9.54. The van der Waals surface area contributed by atoms with Crippen LogP contribution in [-0.2, 0) is 9.22 Å². The monoisotopic (exact) mass is 488 g/mol. The highest BCUT2D eigenvalue weighted by Crippen LogP contribution is 2.63. The summed E-state index contributed by atoms with van der Waals surface area (Å²) in [6.07, 6.45) is 3.82. The minimum Gasteiger partial charge on any atom is -0.519 e. The van der Waals surface area contributed by atoms with Crippen molar-refractivity contribution >= 4 is 14.3 Å². The van der Waals surface area contributed by atoms with Gasteiger partial charge in [-0.3, -0.25) is 4.79 Å². The summed E-state index contributed by atoms with van der Waals surface area (Å²) < 4.78 is 6.29. The van der Waals surface area contributed by atoms with Crippen LogP contribution < -0.4 is 0 Å². The van der Waals surface area contributed by atoms with Crippen molar-refractivity contribution in [2.45, 2.75) is 127 Å². The number of hydrogen-bond donors (Lipinski definition) is 0. The average Bonchev–Trinajstić information content (AvgIpc) is 2.68. The lowest BCUT2D eigenvalue weighted by Gasteiger charge is -2.58. The molecule has 0 spiro atoms. The van der Waals surface area contributed by atoms with Crippen molar-refractivity contribution in [2.24, 2.45) is 27.1 Å². The van der Waals surface area contributed by atoms with Crippen LogP contribution in [0, 0.1) is 27.1 Å². The lowest BCUT2D eigenvalue weighted by molar-refractivity contribution is -0.170. The second-order valence-corrected chi connectivity index (χ2v) is 19.1. The maximum Gasteiger partial charge on any atom is 0.299 e. The third-order valence-corrected chi connectivity index (χ3v) is 9.47. The molecule has 0 aliphatic carbocycles. The van der Waals surface area contributed by atoms with E-state index in [4.69, 9.17) is 4.43 Å². The first-order valence-corrected chi connectivity index (χ1v) is 16.8. The zero-order valence-corrected chi connectivity index (χ0v) is 26.1. The summed E-state index contributed by atoms with van der Waals surface area (Å²) in [7, 11) is -2.03. The quantitative estimate of drug-likeness (QED) is 0.306. The Hall–Kier alpha value is -1.09. The minimum atomic E-state index is -2.03. The van der Waals surface area contributed by atoms with Crippen LogP contribution >= 0.6 is 0 Å². The minimum absolute atomic E-state index is 0.0117. The average molecular weight is 489 g/mol. The van der Waals surface area contributed by atoms with Gasteiger partial charge in [-0.05, 0) is 79.0 Å². The molecule has 4 unspecified atom stereocenters. The third kappa shape index (κ3) is 6.99. The van der Waals surface area contributed by atoms with Gasteiger partial charge >= 0.3 is 0 Å². The van der Waals surface area contributed by atoms with Crippen LogP contribution in [0.15, 0.2) is 30.3 Å². The summed E-state index contributed by atoms with van der Waals surface area (Å²) in [5, 5.41) is 0. The molecule has 0 amide bonds. The first-order valence-electron chi connectivity index (χ1n) is 13.4. The van der Waals surface area contributed by atoms with E-state index in [0.29, 0.717) is 5.92 Å². The van der Waals surface area contributed by atoms with E-state index in [2.05, 4.69) is 126 Å². The fraction of sp³-hybridized carbons (Fsp3) is 0.774. The SMILES string of the molecule is CCC(C)(CC(c1ccccc1)C(C)(C)C)C(C)(CC)C(C)(CC(C)(C)C)C(=O)O[Si](C)(C)C. The Balaban J connectivity index is 3.74. The molecule has 196 valence electrons. The first-order chi connectivity index (χ1) is 15.2. The van der Waals surface area contributed by atoms with Gasteiger partial charge in [0.25, 0.3) is 5.97 Å². The van der Waals surface area contributed by atoms with Crippen molar-refractivity contribution in [1.82, 2.24) is 0 Å². The summed E-state index contributed by atoms with van der Waals surface area (Å²) in [6, 6.07) is 11.0. The normalized spacial score (nSPS) is 19.5. The van der Waals surface area contributed by atoms with E-state index in [-0.39, 0.29) is 27.6 Å². The van der Waals surface area contributed by atoms with Crippen molar-refractivity contribution in [3.63, 3.8) is 0 Å². The Morgan fingerprint density at radius 3 is 1.71 bits per heavy atom. The van der Waals surface area contributed by atoms with Crippen LogP contribution in [-0.4, -0.2) is 14.3 Å². The molecule has 0 N–H and O–H groups in total. The number of rotatable bonds is 10. The van der Waals surface area contributed by atoms with Gasteiger partial charge in [0, 0.05) is 0 Å². The van der Waals surface area contributed by atoms with Gasteiger partial charge in [-0.1, -0.05) is 106 Å². The van der Waals surface area contributed by atoms with Crippen LogP contribution in [0.4, 0.5) is 0 Å². The van der Waals surface area contributed by atoms with Gasteiger partial charge < -0.3 is 4.43 Å². The summed E-state index contributed by atoms with van der Waals surface area (Å²) >= 11 is 0. The van der Waals surface area contributed by atoms with E-state index >= 15 is 0 Å². The van der Waals surface area contributed by atoms with Crippen molar-refractivity contribution in [1.29, 1.82) is 0 Å². The predicted molar refractivity (Wildman–Crippen MR) is 152 cm³/mol. The van der Waals surface area contributed by atoms with E-state index in [0.717, 1.165) is 25.7 Å². The highest BCUT2D eigenvalue weighted by atomic mass is 28.4. The maximum atomic E-state index is 14.1. The Morgan fingerprint density at radius 1 is 0.853 bits per heavy atom. The molecule has 34 heavy (non-hydrogen) atoms. The third-order valence-electron chi connectivity index (χ3n) is 8.67. The molecule has 4 atom stereocenters. The molecular formula is C31H56O2Si. The molecule has 1 aromatic rings. The molecule has 0 aliphatic heterocycles. The summed E-state index contributed by atoms with van der Waals surface area (Å²) in [5.74, 6) is 0.411. The summed E-state index contributed by atoms with van der Waals surface area (Å²) in [5.41, 5.74) is 0.678. The largest absolute Gasteiger partial charge is 0.519 e. The van der Waals surface area contributed by atoms with Crippen molar-refractivity contribution in [2.75, 3.05) is 0 Å². The number of carbonyl (C=O) groups is 1. The molecule has 3 heteroatoms. The summed E-state index contributed by atoms with van der Waals surface area (Å²) in [6.45, 7) is 31.9. The van der Waals surface area contributed by atoms with Crippen LogP contribution in [0.1, 0.15) is 113 Å². The molecule has 0 heterocycles. The van der Waals surface area contributed by atoms with E-state index in [1.807, 2.05) is 0 Å². The van der Waals surface area contributed by atoms with Crippen molar-refractivity contribution in [3.8, 4) is 0 Å². The van der Waals surface area contributed by atoms with Gasteiger partial charge in [-0.2, -0.15) is 0 Å². The molecule has 0 saturated heterocycles. The molecule has 0 saturated carbocycles. The zero-order valence-electron chi connectivity index (χ0n) is 25.1. The van der Waals surface area contributed by atoms with Crippen LogP contribution in [0.3, 0.4) is 0 Å². The van der Waals surface area contributed by atoms with Crippen LogP contribution in [0.2, 0.25) is 19.6 Å². The van der Waals surface area contributed by atoms with Gasteiger partial charge in [0.15, 0.2) is 0 Å². The highest BCUT2D eigenvalue weighted by molar-refractivity contribution is 6.71. The number of carbonyl (C=O) groups excluding carboxylic acids is 1. The predicted octanol–water partition coefficient (Wildman–Crippen LogP) is 9.86. The van der Waals surface area contributed by atoms with Gasteiger partial charge in [-0.25, -0.2) is 0 Å². The van der Waals surface area contributed by atoms with Gasteiger partial charge in [0.05, 0.1) is 5.41 Å². The number of benzene rings is 1. The first kappa shape index (κ1) is 30.9. The molecular weight excluding hydrogens is 432 g/mol. The van der Waals surface area contributed by atoms with E-state index in [1.54, 1.807) is 0 Å². The second kappa shape index (κ2) is 10.5. The molecule has 0 fully saturated rings. The van der Waals surface area contributed by atoms with E-state index in [1.165, 1.54) is 5.56 Å². The zero-order chi connectivity index (χ0) is 26.8. The fourth-order valence-corrected chi connectivity index (χ4v) is 7.03. The van der Waals surface area contributed by atoms with E-state index in [9.17, 15) is 4.79 Å². The smallest absolute Gasteiger partial charge is 0.299 e.